The van der Waals surface area contributed by atoms with Crippen molar-refractivity contribution in [1.29, 1.82) is 0 Å². The zero-order valence-corrected chi connectivity index (χ0v) is 20.0. The maximum absolute atomic E-state index is 13.6. The van der Waals surface area contributed by atoms with Crippen molar-refractivity contribution in [2.24, 2.45) is 5.73 Å². The fraction of sp³-hybridized carbons (Fsp3) is 0.280. The number of hydrogen-bond donors (Lipinski definition) is 2. The molecule has 1 aliphatic heterocycles. The lowest BCUT2D eigenvalue weighted by Crippen LogP contribution is -2.49. The number of anilines is 1. The van der Waals surface area contributed by atoms with Crippen LogP contribution in [-0.2, 0) is 10.0 Å². The largest absolute Gasteiger partial charge is 0.485 e. The Bertz CT molecular complexity index is 1330. The van der Waals surface area contributed by atoms with Gasteiger partial charge in [-0.1, -0.05) is 18.2 Å². The minimum Gasteiger partial charge on any atom is -0.485 e. The summed E-state index contributed by atoms with van der Waals surface area (Å²) in [6.45, 7) is 5.43. The van der Waals surface area contributed by atoms with Crippen molar-refractivity contribution in [3.8, 4) is 5.75 Å². The number of carbonyl (C=O) groups is 1. The van der Waals surface area contributed by atoms with Crippen LogP contribution in [0.1, 0.15) is 48.3 Å². The van der Waals surface area contributed by atoms with Gasteiger partial charge in [-0.25, -0.2) is 8.42 Å². The van der Waals surface area contributed by atoms with Crippen LogP contribution in [0.15, 0.2) is 71.8 Å². The van der Waals surface area contributed by atoms with Crippen LogP contribution < -0.4 is 14.8 Å². The van der Waals surface area contributed by atoms with Crippen molar-refractivity contribution >= 4 is 21.6 Å². The number of nitrogens with zero attached hydrogens (tertiary/aromatic N) is 2. The average Bonchev–Trinajstić information content (AvgIpc) is 2.80. The van der Waals surface area contributed by atoms with Crippen LogP contribution in [0.3, 0.4) is 0 Å². The van der Waals surface area contributed by atoms with Gasteiger partial charge in [0, 0.05) is 18.3 Å². The molecule has 34 heavy (non-hydrogen) atoms. The van der Waals surface area contributed by atoms with Crippen LogP contribution in [-0.4, -0.2) is 42.7 Å². The molecule has 2 atom stereocenters. The molecule has 4 rings (SSSR count). The van der Waals surface area contributed by atoms with Gasteiger partial charge in [0.1, 0.15) is 17.5 Å². The molecule has 0 saturated carbocycles. The molecule has 0 saturated heterocycles. The number of aromatic nitrogens is 1. The Morgan fingerprint density at radius 2 is 1.85 bits per heavy atom. The van der Waals surface area contributed by atoms with E-state index in [1.807, 2.05) is 6.07 Å². The third kappa shape index (κ3) is 4.01. The van der Waals surface area contributed by atoms with Crippen molar-refractivity contribution < 1.29 is 23.1 Å². The zero-order valence-electron chi connectivity index (χ0n) is 19.2. The number of sulfonamides is 1. The molecule has 0 spiro atoms. The van der Waals surface area contributed by atoms with E-state index in [1.54, 1.807) is 57.2 Å². The number of nitrogens with two attached hydrogens (primary N) is 1. The maximum atomic E-state index is 13.6. The molecule has 2 aromatic carbocycles. The second-order valence-corrected chi connectivity index (χ2v) is 10.5. The molecule has 3 aromatic rings. The van der Waals surface area contributed by atoms with Crippen LogP contribution in [0.25, 0.3) is 0 Å². The molecule has 3 N–H and O–H groups in total. The standard InChI is InChI=1S/C25H27N3O5S/c1-4-28(16-9-6-5-7-10-16)34(31,32)17-12-13-20-19(15-17)21(23(29)25(2,3)33-20)22-18(24(26)30)11-8-14-27-22/h5-15,21,23,29H,4H2,1-3H3,(H2,26,30). The van der Waals surface area contributed by atoms with E-state index in [0.717, 1.165) is 0 Å². The van der Waals surface area contributed by atoms with E-state index in [4.69, 9.17) is 10.5 Å². The average molecular weight is 482 g/mol. The molecule has 0 bridgehead atoms. The molecule has 0 radical (unpaired) electrons. The molecule has 1 amide bonds. The monoisotopic (exact) mass is 481 g/mol. The molecule has 178 valence electrons. The lowest BCUT2D eigenvalue weighted by atomic mass is 9.78. The van der Waals surface area contributed by atoms with Gasteiger partial charge < -0.3 is 15.6 Å². The van der Waals surface area contributed by atoms with Gasteiger partial charge in [-0.15, -0.1) is 0 Å². The zero-order chi connectivity index (χ0) is 24.7. The Morgan fingerprint density at radius 3 is 2.50 bits per heavy atom. The smallest absolute Gasteiger partial charge is 0.264 e. The number of rotatable bonds is 6. The van der Waals surface area contributed by atoms with Gasteiger partial charge in [-0.2, -0.15) is 0 Å². The van der Waals surface area contributed by atoms with Gasteiger partial charge in [0.2, 0.25) is 0 Å². The number of amides is 1. The number of benzene rings is 2. The number of ether oxygens (including phenoxy) is 1. The van der Waals surface area contributed by atoms with E-state index in [0.29, 0.717) is 17.0 Å². The Kier molecular flexibility index (Phi) is 6.09. The SMILES string of the molecule is CCN(c1ccccc1)S(=O)(=O)c1ccc2c(c1)C(c1ncccc1C(N)=O)C(O)C(C)(C)O2. The summed E-state index contributed by atoms with van der Waals surface area (Å²) in [5.74, 6) is -1.11. The van der Waals surface area contributed by atoms with Crippen LogP contribution in [0, 0.1) is 0 Å². The number of fused-ring (bicyclic) bond motifs is 1. The first-order chi connectivity index (χ1) is 16.1. The summed E-state index contributed by atoms with van der Waals surface area (Å²) in [6, 6.07) is 16.5. The van der Waals surface area contributed by atoms with Crippen LogP contribution in [0.5, 0.6) is 5.75 Å². The highest BCUT2D eigenvalue weighted by Crippen LogP contribution is 2.45. The number of aliphatic hydroxyl groups is 1. The minimum absolute atomic E-state index is 0.0361. The van der Waals surface area contributed by atoms with Gasteiger partial charge in [-0.3, -0.25) is 14.1 Å². The molecular formula is C25H27N3O5S. The Hall–Kier alpha value is -3.43. The third-order valence-electron chi connectivity index (χ3n) is 6.04. The minimum atomic E-state index is -3.93. The predicted octanol–water partition coefficient (Wildman–Crippen LogP) is 3.06. The van der Waals surface area contributed by atoms with E-state index in [9.17, 15) is 18.3 Å². The van der Waals surface area contributed by atoms with Crippen LogP contribution in [0.4, 0.5) is 5.69 Å². The number of carbonyl (C=O) groups excluding carboxylic acids is 1. The summed E-state index contributed by atoms with van der Waals surface area (Å²) in [6.07, 6.45) is 0.383. The Balaban J connectivity index is 1.90. The molecule has 0 fully saturated rings. The first-order valence-corrected chi connectivity index (χ1v) is 12.4. The number of para-hydroxylation sites is 1. The van der Waals surface area contributed by atoms with Gasteiger partial charge in [0.25, 0.3) is 15.9 Å². The molecule has 2 unspecified atom stereocenters. The van der Waals surface area contributed by atoms with E-state index in [1.165, 1.54) is 28.7 Å². The van der Waals surface area contributed by atoms with Gasteiger partial charge in [-0.05, 0) is 63.2 Å². The normalized spacial score (nSPS) is 19.1. The van der Waals surface area contributed by atoms with Gasteiger partial charge in [0.05, 0.1) is 27.8 Å². The van der Waals surface area contributed by atoms with Crippen molar-refractivity contribution in [3.63, 3.8) is 0 Å². The summed E-state index contributed by atoms with van der Waals surface area (Å²) in [7, 11) is -3.93. The van der Waals surface area contributed by atoms with Crippen molar-refractivity contribution in [2.75, 3.05) is 10.8 Å². The highest BCUT2D eigenvalue weighted by atomic mass is 32.2. The summed E-state index contributed by atoms with van der Waals surface area (Å²) < 4.78 is 34.5. The quantitative estimate of drug-likeness (QED) is 0.558. The molecule has 9 heteroatoms. The number of aliphatic hydroxyl groups excluding tert-OH is 1. The Morgan fingerprint density at radius 1 is 1.15 bits per heavy atom. The van der Waals surface area contributed by atoms with Crippen molar-refractivity contribution in [3.05, 3.63) is 83.7 Å². The molecular weight excluding hydrogens is 454 g/mol. The van der Waals surface area contributed by atoms with E-state index < -0.39 is 33.6 Å². The highest BCUT2D eigenvalue weighted by Gasteiger charge is 2.45. The highest BCUT2D eigenvalue weighted by molar-refractivity contribution is 7.92. The summed E-state index contributed by atoms with van der Waals surface area (Å²) in [5.41, 5.74) is 5.94. The van der Waals surface area contributed by atoms with Crippen LogP contribution in [0.2, 0.25) is 0 Å². The molecule has 2 heterocycles. The van der Waals surface area contributed by atoms with Crippen molar-refractivity contribution in [1.82, 2.24) is 4.98 Å². The molecule has 1 aliphatic rings. The van der Waals surface area contributed by atoms with Crippen molar-refractivity contribution in [2.45, 2.75) is 43.3 Å². The fourth-order valence-corrected chi connectivity index (χ4v) is 5.83. The second kappa shape index (κ2) is 8.73. The van der Waals surface area contributed by atoms with E-state index >= 15 is 0 Å². The van der Waals surface area contributed by atoms with E-state index in [2.05, 4.69) is 4.98 Å². The molecule has 0 aliphatic carbocycles. The Labute approximate surface area is 199 Å². The molecule has 1 aromatic heterocycles. The first kappa shape index (κ1) is 23.7. The maximum Gasteiger partial charge on any atom is 0.264 e. The fourth-order valence-electron chi connectivity index (χ4n) is 4.32. The summed E-state index contributed by atoms with van der Waals surface area (Å²) >= 11 is 0. The number of primary amides is 1. The lowest BCUT2D eigenvalue weighted by molar-refractivity contribution is -0.0519. The number of pyridine rings is 1. The summed E-state index contributed by atoms with van der Waals surface area (Å²) in [5, 5.41) is 11.3. The van der Waals surface area contributed by atoms with Crippen LogP contribution >= 0.6 is 0 Å². The topological polar surface area (TPSA) is 123 Å². The third-order valence-corrected chi connectivity index (χ3v) is 7.93. The second-order valence-electron chi connectivity index (χ2n) is 8.63. The van der Waals surface area contributed by atoms with E-state index in [-0.39, 0.29) is 22.7 Å². The predicted molar refractivity (Wildman–Crippen MR) is 128 cm³/mol. The summed E-state index contributed by atoms with van der Waals surface area (Å²) in [4.78, 5) is 16.5. The van der Waals surface area contributed by atoms with Gasteiger partial charge >= 0.3 is 0 Å². The number of hydrogen-bond acceptors (Lipinski definition) is 6. The lowest BCUT2D eigenvalue weighted by Gasteiger charge is -2.42. The first-order valence-electron chi connectivity index (χ1n) is 10.9. The molecule has 8 nitrogen and oxygen atoms in total. The van der Waals surface area contributed by atoms with Gasteiger partial charge in [0.15, 0.2) is 0 Å².